The molecule has 1 fully saturated rings. The molecule has 0 saturated carbocycles. The molecule has 1 N–H and O–H groups in total. The summed E-state index contributed by atoms with van der Waals surface area (Å²) in [5.74, 6) is 0.674. The zero-order valence-corrected chi connectivity index (χ0v) is 13.9. The Morgan fingerprint density at radius 1 is 1.29 bits per heavy atom. The van der Waals surface area contributed by atoms with E-state index in [1.165, 1.54) is 36.8 Å². The van der Waals surface area contributed by atoms with Crippen LogP contribution >= 0.6 is 0 Å². The van der Waals surface area contributed by atoms with Crippen LogP contribution in [-0.4, -0.2) is 25.3 Å². The van der Waals surface area contributed by atoms with Crippen LogP contribution in [-0.2, 0) is 11.2 Å². The van der Waals surface area contributed by atoms with Gasteiger partial charge in [-0.05, 0) is 76.1 Å². The molecule has 0 amide bonds. The van der Waals surface area contributed by atoms with Crippen LogP contribution in [0.2, 0.25) is 0 Å². The van der Waals surface area contributed by atoms with Gasteiger partial charge >= 0.3 is 0 Å². The first-order chi connectivity index (χ1) is 10.2. The van der Waals surface area contributed by atoms with Crippen LogP contribution in [0.4, 0.5) is 0 Å². The first-order valence-electron chi connectivity index (χ1n) is 8.59. The Hall–Kier alpha value is -0.860. The van der Waals surface area contributed by atoms with Gasteiger partial charge in [-0.25, -0.2) is 0 Å². The second-order valence-electron chi connectivity index (χ2n) is 6.58. The van der Waals surface area contributed by atoms with E-state index in [0.717, 1.165) is 19.5 Å². The van der Waals surface area contributed by atoms with Crippen molar-refractivity contribution in [2.75, 3.05) is 13.1 Å². The minimum absolute atomic E-state index is 0.456. The number of ether oxygens (including phenoxy) is 1. The van der Waals surface area contributed by atoms with Crippen molar-refractivity contribution in [2.24, 2.45) is 5.92 Å². The molecule has 0 aromatic heterocycles. The molecule has 118 valence electrons. The van der Waals surface area contributed by atoms with E-state index in [0.29, 0.717) is 18.1 Å². The third kappa shape index (κ3) is 5.44. The number of rotatable bonds is 8. The van der Waals surface area contributed by atoms with Crippen molar-refractivity contribution in [1.29, 1.82) is 0 Å². The molecular weight excluding hydrogens is 258 g/mol. The Kier molecular flexibility index (Phi) is 6.72. The van der Waals surface area contributed by atoms with Crippen molar-refractivity contribution in [1.82, 2.24) is 5.32 Å². The summed E-state index contributed by atoms with van der Waals surface area (Å²) >= 11 is 0. The molecule has 0 spiro atoms. The average molecular weight is 289 g/mol. The maximum absolute atomic E-state index is 6.04. The molecule has 0 bridgehead atoms. The summed E-state index contributed by atoms with van der Waals surface area (Å²) < 4.78 is 6.04. The molecule has 1 heterocycles. The summed E-state index contributed by atoms with van der Waals surface area (Å²) in [5.41, 5.74) is 2.91. The van der Waals surface area contributed by atoms with E-state index in [1.54, 1.807) is 0 Å². The van der Waals surface area contributed by atoms with Crippen molar-refractivity contribution in [3.8, 4) is 0 Å². The topological polar surface area (TPSA) is 21.3 Å². The standard InChI is InChI=1S/C19H31NO/c1-4-11-20-14-17(13-19-10-9-16(3)21-19)12-18-8-6-5-7-15(18)2/h5-8,16-17,19-20H,4,9-14H2,1-3H3. The highest BCUT2D eigenvalue weighted by Crippen LogP contribution is 2.26. The Morgan fingerprint density at radius 2 is 2.10 bits per heavy atom. The molecule has 1 aliphatic rings. The van der Waals surface area contributed by atoms with Crippen LogP contribution in [0.1, 0.15) is 50.7 Å². The van der Waals surface area contributed by atoms with Gasteiger partial charge in [0, 0.05) is 0 Å². The van der Waals surface area contributed by atoms with Crippen LogP contribution in [0.3, 0.4) is 0 Å². The van der Waals surface area contributed by atoms with Crippen molar-refractivity contribution in [3.05, 3.63) is 35.4 Å². The summed E-state index contributed by atoms with van der Waals surface area (Å²) in [6.45, 7) is 8.87. The molecule has 21 heavy (non-hydrogen) atoms. The number of benzene rings is 1. The average Bonchev–Trinajstić information content (AvgIpc) is 2.87. The Balaban J connectivity index is 1.93. The van der Waals surface area contributed by atoms with Crippen LogP contribution in [0, 0.1) is 12.8 Å². The van der Waals surface area contributed by atoms with E-state index >= 15 is 0 Å². The van der Waals surface area contributed by atoms with Gasteiger partial charge in [0.1, 0.15) is 0 Å². The van der Waals surface area contributed by atoms with E-state index in [4.69, 9.17) is 4.74 Å². The zero-order valence-electron chi connectivity index (χ0n) is 13.9. The van der Waals surface area contributed by atoms with Crippen molar-refractivity contribution >= 4 is 0 Å². The van der Waals surface area contributed by atoms with E-state index in [2.05, 4.69) is 50.4 Å². The predicted octanol–water partition coefficient (Wildman–Crippen LogP) is 4.11. The summed E-state index contributed by atoms with van der Waals surface area (Å²) in [6, 6.07) is 8.79. The molecule has 2 heteroatoms. The number of nitrogens with one attached hydrogen (secondary N) is 1. The van der Waals surface area contributed by atoms with Gasteiger partial charge in [0.25, 0.3) is 0 Å². The highest BCUT2D eigenvalue weighted by Gasteiger charge is 2.25. The molecule has 2 rings (SSSR count). The molecule has 3 atom stereocenters. The molecule has 1 aromatic rings. The van der Waals surface area contributed by atoms with Crippen molar-refractivity contribution in [3.63, 3.8) is 0 Å². The van der Waals surface area contributed by atoms with Crippen LogP contribution in [0.5, 0.6) is 0 Å². The Bertz CT molecular complexity index is 418. The minimum atomic E-state index is 0.456. The van der Waals surface area contributed by atoms with Gasteiger partial charge in [0.15, 0.2) is 0 Å². The molecule has 2 nitrogen and oxygen atoms in total. The summed E-state index contributed by atoms with van der Waals surface area (Å²) in [6.07, 6.45) is 6.94. The van der Waals surface area contributed by atoms with Crippen molar-refractivity contribution in [2.45, 2.75) is 65.1 Å². The predicted molar refractivity (Wildman–Crippen MR) is 89.7 cm³/mol. The van der Waals surface area contributed by atoms with Crippen molar-refractivity contribution < 1.29 is 4.74 Å². The molecule has 0 aliphatic carbocycles. The first-order valence-corrected chi connectivity index (χ1v) is 8.59. The summed E-state index contributed by atoms with van der Waals surface area (Å²) in [5, 5.41) is 3.60. The van der Waals surface area contributed by atoms with Gasteiger partial charge in [0.05, 0.1) is 12.2 Å². The van der Waals surface area contributed by atoms with Gasteiger partial charge in [-0.3, -0.25) is 0 Å². The summed E-state index contributed by atoms with van der Waals surface area (Å²) in [4.78, 5) is 0. The minimum Gasteiger partial charge on any atom is -0.375 e. The maximum Gasteiger partial charge on any atom is 0.0583 e. The number of hydrogen-bond acceptors (Lipinski definition) is 2. The second-order valence-corrected chi connectivity index (χ2v) is 6.58. The first kappa shape index (κ1) is 16.5. The largest absolute Gasteiger partial charge is 0.375 e. The smallest absolute Gasteiger partial charge is 0.0583 e. The van der Waals surface area contributed by atoms with E-state index in [9.17, 15) is 0 Å². The molecule has 0 radical (unpaired) electrons. The monoisotopic (exact) mass is 289 g/mol. The quantitative estimate of drug-likeness (QED) is 0.727. The maximum atomic E-state index is 6.04. The number of hydrogen-bond donors (Lipinski definition) is 1. The Labute approximate surface area is 130 Å². The molecular formula is C19H31NO. The van der Waals surface area contributed by atoms with Gasteiger partial charge in [-0.2, -0.15) is 0 Å². The van der Waals surface area contributed by atoms with Gasteiger partial charge < -0.3 is 10.1 Å². The zero-order chi connectivity index (χ0) is 15.1. The summed E-state index contributed by atoms with van der Waals surface area (Å²) in [7, 11) is 0. The lowest BCUT2D eigenvalue weighted by atomic mass is 9.91. The molecule has 1 aliphatic heterocycles. The van der Waals surface area contributed by atoms with Crippen LogP contribution < -0.4 is 5.32 Å². The fourth-order valence-corrected chi connectivity index (χ4v) is 3.30. The highest BCUT2D eigenvalue weighted by molar-refractivity contribution is 5.26. The normalized spacial score (nSPS) is 23.4. The van der Waals surface area contributed by atoms with Crippen LogP contribution in [0.25, 0.3) is 0 Å². The van der Waals surface area contributed by atoms with E-state index in [1.807, 2.05) is 0 Å². The van der Waals surface area contributed by atoms with Gasteiger partial charge in [-0.1, -0.05) is 31.2 Å². The SMILES string of the molecule is CCCNCC(Cc1ccccc1C)CC1CCC(C)O1. The molecule has 1 aromatic carbocycles. The van der Waals surface area contributed by atoms with Gasteiger partial charge in [0.2, 0.25) is 0 Å². The van der Waals surface area contributed by atoms with Crippen LogP contribution in [0.15, 0.2) is 24.3 Å². The molecule has 3 unspecified atom stereocenters. The molecule has 1 saturated heterocycles. The fourth-order valence-electron chi connectivity index (χ4n) is 3.30. The number of aryl methyl sites for hydroxylation is 1. The lowest BCUT2D eigenvalue weighted by Crippen LogP contribution is -2.28. The van der Waals surface area contributed by atoms with E-state index in [-0.39, 0.29) is 0 Å². The third-order valence-electron chi connectivity index (χ3n) is 4.55. The van der Waals surface area contributed by atoms with E-state index < -0.39 is 0 Å². The highest BCUT2D eigenvalue weighted by atomic mass is 16.5. The Morgan fingerprint density at radius 3 is 2.76 bits per heavy atom. The second kappa shape index (κ2) is 8.55. The third-order valence-corrected chi connectivity index (χ3v) is 4.55. The lowest BCUT2D eigenvalue weighted by molar-refractivity contribution is 0.0408. The fraction of sp³-hybridized carbons (Fsp3) is 0.684. The van der Waals surface area contributed by atoms with Gasteiger partial charge in [-0.15, -0.1) is 0 Å². The lowest BCUT2D eigenvalue weighted by Gasteiger charge is -2.22.